The Labute approximate surface area is 248 Å². The van der Waals surface area contributed by atoms with Gasteiger partial charge in [0.25, 0.3) is 0 Å². The molecule has 2 N–H and O–H groups in total. The highest BCUT2D eigenvalue weighted by Gasteiger charge is 2.20. The molecule has 228 valence electrons. The van der Waals surface area contributed by atoms with Crippen molar-refractivity contribution >= 4 is 17.3 Å². The van der Waals surface area contributed by atoms with Gasteiger partial charge in [-0.15, -0.1) is 0 Å². The molecule has 0 aromatic carbocycles. The second kappa shape index (κ2) is 15.5. The van der Waals surface area contributed by atoms with Gasteiger partial charge < -0.3 is 20.3 Å². The minimum absolute atomic E-state index is 0.0936. The highest BCUT2D eigenvalue weighted by Crippen LogP contribution is 2.20. The van der Waals surface area contributed by atoms with Gasteiger partial charge in [0.15, 0.2) is 0 Å². The number of carbonyl (C=O) groups is 1. The van der Waals surface area contributed by atoms with Gasteiger partial charge in [-0.3, -0.25) is 24.6 Å². The summed E-state index contributed by atoms with van der Waals surface area (Å²) in [5, 5.41) is 0. The number of carbonyl (C=O) groups excluding carboxylic acids is 1. The molecule has 0 aliphatic carbocycles. The fourth-order valence-electron chi connectivity index (χ4n) is 5.47. The van der Waals surface area contributed by atoms with Crippen molar-refractivity contribution in [1.29, 1.82) is 0 Å². The summed E-state index contributed by atoms with van der Waals surface area (Å²) in [6.07, 6.45) is 1.36. The average Bonchev–Trinajstić information content (AvgIpc) is 2.88. The Morgan fingerprint density at radius 2 is 1.12 bits per heavy atom. The molecule has 0 unspecified atom stereocenters. The van der Waals surface area contributed by atoms with E-state index in [4.69, 9.17) is 10.5 Å². The molecule has 9 nitrogen and oxygen atoms in total. The van der Waals surface area contributed by atoms with Gasteiger partial charge in [0.2, 0.25) is 0 Å². The summed E-state index contributed by atoms with van der Waals surface area (Å²) in [7, 11) is 0. The van der Waals surface area contributed by atoms with Gasteiger partial charge >= 0.3 is 5.97 Å². The standard InChI is InChI=1S/C19H31N3O2.C13H22N4/c1-15-13-17(14-16(2)20-15)22-11-9-21(10-12-22)8-6-7-18(23)24-19(3,4)5;1-11-9-13(10-12(2)15-11)17-7-5-16(4-3-14)6-8-17/h13-14H,6-12H2,1-5H3;9-10H,3-8,14H2,1-2H3. The highest BCUT2D eigenvalue weighted by atomic mass is 16.6. The molecule has 2 saturated heterocycles. The first-order valence-electron chi connectivity index (χ1n) is 15.2. The number of rotatable bonds is 8. The van der Waals surface area contributed by atoms with Gasteiger partial charge in [-0.05, 0) is 85.7 Å². The molecule has 2 fully saturated rings. The lowest BCUT2D eigenvalue weighted by molar-refractivity contribution is -0.155. The number of hydrogen-bond acceptors (Lipinski definition) is 9. The van der Waals surface area contributed by atoms with E-state index < -0.39 is 0 Å². The van der Waals surface area contributed by atoms with E-state index in [2.05, 4.69) is 67.7 Å². The third kappa shape index (κ3) is 11.6. The molecular weight excluding hydrogens is 514 g/mol. The van der Waals surface area contributed by atoms with E-state index in [0.717, 1.165) is 101 Å². The largest absolute Gasteiger partial charge is 0.460 e. The molecule has 2 aromatic heterocycles. The normalized spacial score (nSPS) is 16.8. The van der Waals surface area contributed by atoms with Gasteiger partial charge in [-0.2, -0.15) is 0 Å². The predicted octanol–water partition coefficient (Wildman–Crippen LogP) is 3.72. The zero-order chi connectivity index (χ0) is 30.0. The number of nitrogens with zero attached hydrogens (tertiary/aromatic N) is 6. The number of piperazine rings is 2. The Morgan fingerprint density at radius 3 is 1.49 bits per heavy atom. The van der Waals surface area contributed by atoms with E-state index >= 15 is 0 Å². The van der Waals surface area contributed by atoms with E-state index in [1.807, 2.05) is 34.6 Å². The number of pyridine rings is 2. The van der Waals surface area contributed by atoms with E-state index in [-0.39, 0.29) is 11.6 Å². The second-order valence-corrected chi connectivity index (χ2v) is 12.4. The highest BCUT2D eigenvalue weighted by molar-refractivity contribution is 5.69. The van der Waals surface area contributed by atoms with Crippen LogP contribution in [0.4, 0.5) is 11.4 Å². The van der Waals surface area contributed by atoms with Crippen LogP contribution in [0.1, 0.15) is 56.4 Å². The summed E-state index contributed by atoms with van der Waals surface area (Å²) in [6.45, 7) is 25.2. The van der Waals surface area contributed by atoms with Crippen LogP contribution in [0.25, 0.3) is 0 Å². The van der Waals surface area contributed by atoms with Crippen LogP contribution in [-0.4, -0.2) is 103 Å². The Kier molecular flexibility index (Phi) is 12.4. The Balaban J connectivity index is 0.000000239. The summed E-state index contributed by atoms with van der Waals surface area (Å²) >= 11 is 0. The van der Waals surface area contributed by atoms with Crippen LogP contribution in [0.2, 0.25) is 0 Å². The second-order valence-electron chi connectivity index (χ2n) is 12.4. The molecule has 9 heteroatoms. The molecule has 2 aliphatic heterocycles. The van der Waals surface area contributed by atoms with Gasteiger partial charge in [0.05, 0.1) is 0 Å². The Bertz CT molecular complexity index is 1060. The van der Waals surface area contributed by atoms with Crippen LogP contribution in [-0.2, 0) is 9.53 Å². The van der Waals surface area contributed by atoms with Crippen molar-refractivity contribution < 1.29 is 9.53 Å². The average molecular weight is 568 g/mol. The fourth-order valence-corrected chi connectivity index (χ4v) is 5.47. The lowest BCUT2D eigenvalue weighted by atomic mass is 10.2. The third-order valence-electron chi connectivity index (χ3n) is 7.33. The van der Waals surface area contributed by atoms with Gasteiger partial charge in [-0.25, -0.2) is 0 Å². The van der Waals surface area contributed by atoms with Crippen LogP contribution in [0.5, 0.6) is 0 Å². The van der Waals surface area contributed by atoms with Crippen LogP contribution in [0, 0.1) is 27.7 Å². The predicted molar refractivity (Wildman–Crippen MR) is 169 cm³/mol. The molecule has 4 heterocycles. The van der Waals surface area contributed by atoms with Crippen molar-refractivity contribution in [1.82, 2.24) is 19.8 Å². The smallest absolute Gasteiger partial charge is 0.306 e. The van der Waals surface area contributed by atoms with E-state index in [9.17, 15) is 4.79 Å². The summed E-state index contributed by atoms with van der Waals surface area (Å²) in [5.41, 5.74) is 12.1. The number of anilines is 2. The summed E-state index contributed by atoms with van der Waals surface area (Å²) < 4.78 is 5.35. The molecule has 0 spiro atoms. The van der Waals surface area contributed by atoms with Crippen LogP contribution in [0.15, 0.2) is 24.3 Å². The number of aromatic nitrogens is 2. The third-order valence-corrected chi connectivity index (χ3v) is 7.33. The number of ether oxygens (including phenoxy) is 1. The molecule has 0 amide bonds. The zero-order valence-corrected chi connectivity index (χ0v) is 26.6. The molecule has 0 atom stereocenters. The van der Waals surface area contributed by atoms with Crippen molar-refractivity contribution in [3.8, 4) is 0 Å². The molecule has 2 aliphatic rings. The van der Waals surface area contributed by atoms with Crippen LogP contribution < -0.4 is 15.5 Å². The van der Waals surface area contributed by atoms with Crippen molar-refractivity contribution in [2.75, 3.05) is 81.8 Å². The first-order valence-corrected chi connectivity index (χ1v) is 15.2. The summed E-state index contributed by atoms with van der Waals surface area (Å²) in [5.74, 6) is -0.0936. The first kappa shape index (κ1) is 32.8. The molecule has 0 bridgehead atoms. The molecular formula is C32H53N7O2. The van der Waals surface area contributed by atoms with E-state index in [1.165, 1.54) is 11.4 Å². The number of aryl methyl sites for hydroxylation is 4. The van der Waals surface area contributed by atoms with Gasteiger partial charge in [0.1, 0.15) is 5.60 Å². The van der Waals surface area contributed by atoms with Gasteiger partial charge in [-0.1, -0.05) is 0 Å². The van der Waals surface area contributed by atoms with Crippen molar-refractivity contribution in [2.45, 2.75) is 66.9 Å². The first-order chi connectivity index (χ1) is 19.4. The monoisotopic (exact) mass is 567 g/mol. The van der Waals surface area contributed by atoms with E-state index in [0.29, 0.717) is 6.42 Å². The number of nitrogens with two attached hydrogens (primary N) is 1. The SMILES string of the molecule is Cc1cc(N2CCN(CCCC(=O)OC(C)(C)C)CC2)cc(C)n1.Cc1cc(N2CCN(CCN)CC2)cc(C)n1. The minimum atomic E-state index is -0.385. The summed E-state index contributed by atoms with van der Waals surface area (Å²) in [4.78, 5) is 30.3. The van der Waals surface area contributed by atoms with Crippen LogP contribution in [0.3, 0.4) is 0 Å². The lowest BCUT2D eigenvalue weighted by Gasteiger charge is -2.36. The lowest BCUT2D eigenvalue weighted by Crippen LogP contribution is -2.47. The molecule has 4 rings (SSSR count). The fraction of sp³-hybridized carbons (Fsp3) is 0.656. The van der Waals surface area contributed by atoms with Crippen molar-refractivity contribution in [3.05, 3.63) is 47.0 Å². The van der Waals surface area contributed by atoms with Crippen molar-refractivity contribution in [2.24, 2.45) is 5.73 Å². The Hall–Kier alpha value is -2.75. The summed E-state index contributed by atoms with van der Waals surface area (Å²) in [6, 6.07) is 8.66. The number of hydrogen-bond donors (Lipinski definition) is 1. The maximum Gasteiger partial charge on any atom is 0.306 e. The van der Waals surface area contributed by atoms with E-state index in [1.54, 1.807) is 0 Å². The maximum absolute atomic E-state index is 11.7. The molecule has 2 aromatic rings. The molecule has 0 radical (unpaired) electrons. The Morgan fingerprint density at radius 1 is 0.732 bits per heavy atom. The molecule has 0 saturated carbocycles. The van der Waals surface area contributed by atoms with Crippen molar-refractivity contribution in [3.63, 3.8) is 0 Å². The van der Waals surface area contributed by atoms with Gasteiger partial charge in [0, 0.05) is 106 Å². The topological polar surface area (TPSA) is 91.1 Å². The molecule has 41 heavy (non-hydrogen) atoms. The maximum atomic E-state index is 11.7. The minimum Gasteiger partial charge on any atom is -0.460 e. The zero-order valence-electron chi connectivity index (χ0n) is 26.6. The quantitative estimate of drug-likeness (QED) is 0.479. The number of esters is 1. The van der Waals surface area contributed by atoms with Crippen LogP contribution >= 0.6 is 0 Å².